The Morgan fingerprint density at radius 2 is 2.45 bits per heavy atom. The number of rotatable bonds is 2. The van der Waals surface area contributed by atoms with E-state index in [2.05, 4.69) is 11.6 Å². The number of hydrogen-bond donors (Lipinski definition) is 0. The van der Waals surface area contributed by atoms with E-state index in [1.165, 1.54) is 0 Å². The molecule has 54 valence electrons. The Balaban J connectivity index is 2.84. The quantitative estimate of drug-likeness (QED) is 0.592. The van der Waals surface area contributed by atoms with Crippen LogP contribution in [-0.2, 0) is 6.42 Å². The van der Waals surface area contributed by atoms with Crippen molar-refractivity contribution in [2.24, 2.45) is 0 Å². The molecule has 0 aliphatic rings. The average Bonchev–Trinajstić information content (AvgIpc) is 2.07. The lowest BCUT2D eigenvalue weighted by Crippen LogP contribution is -1.85. The highest BCUT2D eigenvalue weighted by Crippen LogP contribution is 1.99. The first kappa shape index (κ1) is 7.49. The van der Waals surface area contributed by atoms with Crippen LogP contribution in [0.5, 0.6) is 0 Å². The van der Waals surface area contributed by atoms with Crippen LogP contribution in [0, 0.1) is 11.3 Å². The molecule has 0 bridgehead atoms. The normalized spacial score (nSPS) is 8.64. The van der Waals surface area contributed by atoms with E-state index < -0.39 is 0 Å². The Labute approximate surface area is 65.8 Å². The Morgan fingerprint density at radius 3 is 2.91 bits per heavy atom. The average molecular weight is 144 g/mol. The van der Waals surface area contributed by atoms with Gasteiger partial charge in [-0.2, -0.15) is 5.26 Å². The second-order valence-corrected chi connectivity index (χ2v) is 2.16. The molecule has 0 fully saturated rings. The maximum Gasteiger partial charge on any atom is 0.140 e. The van der Waals surface area contributed by atoms with E-state index in [-0.39, 0.29) is 0 Å². The fraction of sp³-hybridized carbons (Fsp3) is 0.111. The van der Waals surface area contributed by atoms with E-state index in [0.717, 1.165) is 12.0 Å². The third-order valence-corrected chi connectivity index (χ3v) is 1.32. The predicted molar refractivity (Wildman–Crippen MR) is 42.9 cm³/mol. The fourth-order valence-corrected chi connectivity index (χ4v) is 0.778. The van der Waals surface area contributed by atoms with Crippen molar-refractivity contribution in [1.82, 2.24) is 4.98 Å². The zero-order valence-electron chi connectivity index (χ0n) is 6.12. The molecule has 1 heterocycles. The van der Waals surface area contributed by atoms with E-state index in [4.69, 9.17) is 5.26 Å². The summed E-state index contributed by atoms with van der Waals surface area (Å²) in [5.74, 6) is 0. The van der Waals surface area contributed by atoms with Crippen LogP contribution in [0.1, 0.15) is 11.3 Å². The van der Waals surface area contributed by atoms with E-state index in [1.807, 2.05) is 18.2 Å². The zero-order valence-corrected chi connectivity index (χ0v) is 6.12. The topological polar surface area (TPSA) is 36.7 Å². The summed E-state index contributed by atoms with van der Waals surface area (Å²) >= 11 is 0. The molecule has 0 saturated heterocycles. The molecule has 2 nitrogen and oxygen atoms in total. The van der Waals surface area contributed by atoms with Crippen molar-refractivity contribution < 1.29 is 0 Å². The molecule has 0 aromatic carbocycles. The van der Waals surface area contributed by atoms with Gasteiger partial charge in [0, 0.05) is 6.20 Å². The van der Waals surface area contributed by atoms with Crippen LogP contribution in [0.2, 0.25) is 0 Å². The van der Waals surface area contributed by atoms with E-state index in [9.17, 15) is 0 Å². The molecule has 1 aromatic heterocycles. The van der Waals surface area contributed by atoms with Crippen LogP contribution in [0.25, 0.3) is 0 Å². The first-order valence-corrected chi connectivity index (χ1v) is 3.32. The number of nitrogens with zero attached hydrogens (tertiary/aromatic N) is 2. The monoisotopic (exact) mass is 144 g/mol. The van der Waals surface area contributed by atoms with Crippen LogP contribution >= 0.6 is 0 Å². The van der Waals surface area contributed by atoms with Crippen LogP contribution in [0.15, 0.2) is 31.0 Å². The first-order valence-electron chi connectivity index (χ1n) is 3.32. The van der Waals surface area contributed by atoms with Gasteiger partial charge in [-0.15, -0.1) is 6.58 Å². The van der Waals surface area contributed by atoms with Gasteiger partial charge < -0.3 is 0 Å². The van der Waals surface area contributed by atoms with Gasteiger partial charge in [-0.05, 0) is 18.1 Å². The first-order chi connectivity index (χ1) is 5.36. The SMILES string of the molecule is C=CCc1ccc(C#N)nc1. The van der Waals surface area contributed by atoms with Gasteiger partial charge in [0.15, 0.2) is 0 Å². The molecule has 0 amide bonds. The summed E-state index contributed by atoms with van der Waals surface area (Å²) in [6, 6.07) is 5.55. The maximum atomic E-state index is 8.43. The van der Waals surface area contributed by atoms with Gasteiger partial charge in [0.1, 0.15) is 11.8 Å². The molecule has 0 radical (unpaired) electrons. The molecule has 11 heavy (non-hydrogen) atoms. The van der Waals surface area contributed by atoms with Crippen molar-refractivity contribution in [2.45, 2.75) is 6.42 Å². The van der Waals surface area contributed by atoms with Crippen LogP contribution in [-0.4, -0.2) is 4.98 Å². The maximum absolute atomic E-state index is 8.43. The van der Waals surface area contributed by atoms with Crippen molar-refractivity contribution in [1.29, 1.82) is 5.26 Å². The third-order valence-electron chi connectivity index (χ3n) is 1.32. The summed E-state index contributed by atoms with van der Waals surface area (Å²) in [5.41, 5.74) is 1.54. The van der Waals surface area contributed by atoms with Crippen molar-refractivity contribution in [3.63, 3.8) is 0 Å². The minimum Gasteiger partial charge on any atom is -0.245 e. The van der Waals surface area contributed by atoms with Gasteiger partial charge in [0.2, 0.25) is 0 Å². The van der Waals surface area contributed by atoms with Gasteiger partial charge in [-0.1, -0.05) is 12.1 Å². The standard InChI is InChI=1S/C9H8N2/c1-2-3-8-4-5-9(6-10)11-7-8/h2,4-5,7H,1,3H2. The second kappa shape index (κ2) is 3.52. The van der Waals surface area contributed by atoms with E-state index >= 15 is 0 Å². The smallest absolute Gasteiger partial charge is 0.140 e. The molecular weight excluding hydrogens is 136 g/mol. The third kappa shape index (κ3) is 1.91. The molecular formula is C9H8N2. The summed E-state index contributed by atoms with van der Waals surface area (Å²) in [6.07, 6.45) is 4.31. The zero-order chi connectivity index (χ0) is 8.10. The lowest BCUT2D eigenvalue weighted by atomic mass is 10.2. The molecule has 0 saturated carbocycles. The minimum atomic E-state index is 0.456. The Bertz CT molecular complexity index is 279. The molecule has 0 N–H and O–H groups in total. The Kier molecular flexibility index (Phi) is 2.40. The molecule has 0 aliphatic heterocycles. The highest BCUT2D eigenvalue weighted by Gasteiger charge is 1.91. The van der Waals surface area contributed by atoms with Crippen LogP contribution in [0.4, 0.5) is 0 Å². The molecule has 0 unspecified atom stereocenters. The minimum absolute atomic E-state index is 0.456. The molecule has 0 aliphatic carbocycles. The van der Waals surface area contributed by atoms with Crippen molar-refractivity contribution in [3.8, 4) is 6.07 Å². The lowest BCUT2D eigenvalue weighted by Gasteiger charge is -1.93. The fourth-order valence-electron chi connectivity index (χ4n) is 0.778. The number of pyridine rings is 1. The molecule has 1 rings (SSSR count). The van der Waals surface area contributed by atoms with Crippen molar-refractivity contribution in [2.75, 3.05) is 0 Å². The molecule has 2 heteroatoms. The number of nitriles is 1. The predicted octanol–water partition coefficient (Wildman–Crippen LogP) is 1.68. The van der Waals surface area contributed by atoms with Crippen molar-refractivity contribution in [3.05, 3.63) is 42.2 Å². The summed E-state index contributed by atoms with van der Waals surface area (Å²) in [5, 5.41) is 8.43. The molecule has 1 aromatic rings. The highest BCUT2D eigenvalue weighted by molar-refractivity contribution is 5.23. The van der Waals surface area contributed by atoms with E-state index in [0.29, 0.717) is 5.69 Å². The van der Waals surface area contributed by atoms with Crippen molar-refractivity contribution >= 4 is 0 Å². The molecule has 0 spiro atoms. The lowest BCUT2D eigenvalue weighted by molar-refractivity contribution is 1.17. The van der Waals surface area contributed by atoms with Gasteiger partial charge in [-0.25, -0.2) is 4.98 Å². The second-order valence-electron chi connectivity index (χ2n) is 2.16. The van der Waals surface area contributed by atoms with Gasteiger partial charge in [0.25, 0.3) is 0 Å². The van der Waals surface area contributed by atoms with Crippen LogP contribution in [0.3, 0.4) is 0 Å². The summed E-state index contributed by atoms with van der Waals surface area (Å²) in [4.78, 5) is 3.91. The van der Waals surface area contributed by atoms with Gasteiger partial charge in [-0.3, -0.25) is 0 Å². The van der Waals surface area contributed by atoms with Gasteiger partial charge in [0.05, 0.1) is 0 Å². The summed E-state index contributed by atoms with van der Waals surface area (Å²) in [6.45, 7) is 3.61. The largest absolute Gasteiger partial charge is 0.245 e. The Hall–Kier alpha value is -1.62. The van der Waals surface area contributed by atoms with Crippen LogP contribution < -0.4 is 0 Å². The summed E-state index contributed by atoms with van der Waals surface area (Å²) in [7, 11) is 0. The van der Waals surface area contributed by atoms with E-state index in [1.54, 1.807) is 12.3 Å². The van der Waals surface area contributed by atoms with Gasteiger partial charge >= 0.3 is 0 Å². The summed E-state index contributed by atoms with van der Waals surface area (Å²) < 4.78 is 0. The molecule has 0 atom stereocenters. The highest BCUT2D eigenvalue weighted by atomic mass is 14.7. The Morgan fingerprint density at radius 1 is 1.64 bits per heavy atom. The number of allylic oxidation sites excluding steroid dienone is 1. The number of aromatic nitrogens is 1. The number of hydrogen-bond acceptors (Lipinski definition) is 2.